The summed E-state index contributed by atoms with van der Waals surface area (Å²) in [4.78, 5) is 14.3. The maximum absolute atomic E-state index is 12.5. The Kier molecular flexibility index (Phi) is 3.57. The molecule has 1 amide bonds. The minimum absolute atomic E-state index is 0.0237. The average Bonchev–Trinajstić information content (AvgIpc) is 3.13. The maximum Gasteiger partial charge on any atom is 0.244 e. The molecule has 0 unspecified atom stereocenters. The molecule has 2 atom stereocenters. The van der Waals surface area contributed by atoms with Crippen molar-refractivity contribution in [2.75, 3.05) is 13.1 Å². The molecule has 0 spiro atoms. The van der Waals surface area contributed by atoms with E-state index in [0.29, 0.717) is 24.7 Å². The van der Waals surface area contributed by atoms with E-state index in [1.165, 1.54) is 0 Å². The van der Waals surface area contributed by atoms with Gasteiger partial charge in [-0.15, -0.1) is 5.10 Å². The molecule has 9 heteroatoms. The standard InChI is InChI=1S/C14H17ClN6O2/c1-9-11(15)5-20(17-9)7-14(22)19-3-2-12-13(6-19)23-8-10-4-16-18-21(10)12/h4-5,12-13H,2-3,6-8H2,1H3/t12-,13-/m0/s1. The largest absolute Gasteiger partial charge is 0.368 e. The van der Waals surface area contributed by atoms with E-state index in [-0.39, 0.29) is 24.6 Å². The molecule has 2 aromatic rings. The molecule has 2 aliphatic heterocycles. The van der Waals surface area contributed by atoms with Crippen molar-refractivity contribution in [2.45, 2.75) is 38.6 Å². The number of halogens is 1. The number of ether oxygens (including phenoxy) is 1. The summed E-state index contributed by atoms with van der Waals surface area (Å²) < 4.78 is 9.41. The van der Waals surface area contributed by atoms with E-state index in [2.05, 4.69) is 15.4 Å². The molecule has 0 saturated carbocycles. The number of likely N-dealkylation sites (tertiary alicyclic amines) is 1. The van der Waals surface area contributed by atoms with E-state index in [9.17, 15) is 4.79 Å². The van der Waals surface area contributed by atoms with Crippen molar-refractivity contribution < 1.29 is 9.53 Å². The van der Waals surface area contributed by atoms with Crippen molar-refractivity contribution in [3.05, 3.63) is 28.8 Å². The Morgan fingerprint density at radius 1 is 1.52 bits per heavy atom. The van der Waals surface area contributed by atoms with Crippen molar-refractivity contribution in [1.82, 2.24) is 29.7 Å². The summed E-state index contributed by atoms with van der Waals surface area (Å²) in [6.07, 6.45) is 4.19. The second kappa shape index (κ2) is 5.61. The van der Waals surface area contributed by atoms with Crippen molar-refractivity contribution in [1.29, 1.82) is 0 Å². The minimum atomic E-state index is -0.0372. The van der Waals surface area contributed by atoms with Gasteiger partial charge in [0.1, 0.15) is 6.54 Å². The minimum Gasteiger partial charge on any atom is -0.368 e. The molecular formula is C14H17ClN6O2. The molecule has 4 rings (SSSR count). The Hall–Kier alpha value is -1.93. The van der Waals surface area contributed by atoms with Gasteiger partial charge in [-0.25, -0.2) is 4.68 Å². The summed E-state index contributed by atoms with van der Waals surface area (Å²) >= 11 is 5.98. The molecule has 2 aliphatic rings. The van der Waals surface area contributed by atoms with Crippen LogP contribution in [0.1, 0.15) is 23.9 Å². The van der Waals surface area contributed by atoms with Gasteiger partial charge in [-0.1, -0.05) is 16.8 Å². The lowest BCUT2D eigenvalue weighted by Crippen LogP contribution is -2.51. The first kappa shape index (κ1) is 14.6. The zero-order valence-electron chi connectivity index (χ0n) is 12.7. The number of aromatic nitrogens is 5. The smallest absolute Gasteiger partial charge is 0.244 e. The number of hydrogen-bond acceptors (Lipinski definition) is 5. The van der Waals surface area contributed by atoms with Gasteiger partial charge in [0.25, 0.3) is 0 Å². The van der Waals surface area contributed by atoms with Crippen LogP contribution in [0, 0.1) is 6.92 Å². The van der Waals surface area contributed by atoms with E-state index >= 15 is 0 Å². The lowest BCUT2D eigenvalue weighted by molar-refractivity contribution is -0.140. The fraction of sp³-hybridized carbons (Fsp3) is 0.571. The summed E-state index contributed by atoms with van der Waals surface area (Å²) in [7, 11) is 0. The molecular weight excluding hydrogens is 320 g/mol. The first-order chi connectivity index (χ1) is 11.1. The molecule has 23 heavy (non-hydrogen) atoms. The SMILES string of the molecule is Cc1nn(CC(=O)N2CC[C@H]3[C@H](C2)OCc2cnnn23)cc1Cl. The zero-order valence-corrected chi connectivity index (χ0v) is 13.5. The molecule has 4 heterocycles. The monoisotopic (exact) mass is 336 g/mol. The van der Waals surface area contributed by atoms with E-state index in [0.717, 1.165) is 17.8 Å². The van der Waals surface area contributed by atoms with Crippen LogP contribution in [0.25, 0.3) is 0 Å². The van der Waals surface area contributed by atoms with Crippen molar-refractivity contribution in [3.8, 4) is 0 Å². The third kappa shape index (κ3) is 2.61. The number of amides is 1. The van der Waals surface area contributed by atoms with Crippen LogP contribution in [0.5, 0.6) is 0 Å². The van der Waals surface area contributed by atoms with Gasteiger partial charge in [0, 0.05) is 19.3 Å². The van der Waals surface area contributed by atoms with Crippen LogP contribution < -0.4 is 0 Å². The quantitative estimate of drug-likeness (QED) is 0.811. The summed E-state index contributed by atoms with van der Waals surface area (Å²) in [5.41, 5.74) is 1.72. The van der Waals surface area contributed by atoms with E-state index in [4.69, 9.17) is 16.3 Å². The molecule has 0 radical (unpaired) electrons. The lowest BCUT2D eigenvalue weighted by atomic mass is 10.00. The fourth-order valence-corrected chi connectivity index (χ4v) is 3.38. The fourth-order valence-electron chi connectivity index (χ4n) is 3.23. The number of carbonyl (C=O) groups excluding carboxylic acids is 1. The number of carbonyl (C=O) groups is 1. The Labute approximate surface area is 138 Å². The third-order valence-electron chi connectivity index (χ3n) is 4.47. The number of nitrogens with zero attached hydrogens (tertiary/aromatic N) is 6. The summed E-state index contributed by atoms with van der Waals surface area (Å²) in [5.74, 6) is 0.0237. The van der Waals surface area contributed by atoms with Gasteiger partial charge in [-0.3, -0.25) is 9.48 Å². The van der Waals surface area contributed by atoms with Gasteiger partial charge in [0.2, 0.25) is 5.91 Å². The predicted octanol–water partition coefficient (Wildman–Crippen LogP) is 0.809. The van der Waals surface area contributed by atoms with Crippen LogP contribution in [0.15, 0.2) is 12.4 Å². The summed E-state index contributed by atoms with van der Waals surface area (Å²) in [6, 6.07) is 0.159. The van der Waals surface area contributed by atoms with Gasteiger partial charge < -0.3 is 9.64 Å². The molecule has 0 N–H and O–H groups in total. The third-order valence-corrected chi connectivity index (χ3v) is 4.84. The number of fused-ring (bicyclic) bond motifs is 3. The summed E-state index contributed by atoms with van der Waals surface area (Å²) in [5, 5.41) is 12.9. The molecule has 1 fully saturated rings. The van der Waals surface area contributed by atoms with E-state index < -0.39 is 0 Å². The van der Waals surface area contributed by atoms with Crippen LogP contribution in [0.3, 0.4) is 0 Å². The van der Waals surface area contributed by atoms with Crippen molar-refractivity contribution in [3.63, 3.8) is 0 Å². The van der Waals surface area contributed by atoms with E-state index in [1.54, 1.807) is 17.1 Å². The predicted molar refractivity (Wildman–Crippen MR) is 80.8 cm³/mol. The zero-order chi connectivity index (χ0) is 16.0. The molecule has 0 bridgehead atoms. The van der Waals surface area contributed by atoms with Gasteiger partial charge in [0.15, 0.2) is 0 Å². The van der Waals surface area contributed by atoms with Crippen molar-refractivity contribution in [2.24, 2.45) is 0 Å². The highest BCUT2D eigenvalue weighted by Crippen LogP contribution is 2.30. The highest BCUT2D eigenvalue weighted by Gasteiger charge is 2.37. The van der Waals surface area contributed by atoms with Crippen molar-refractivity contribution >= 4 is 17.5 Å². The average molecular weight is 337 g/mol. The van der Waals surface area contributed by atoms with Gasteiger partial charge >= 0.3 is 0 Å². The van der Waals surface area contributed by atoms with Crippen LogP contribution >= 0.6 is 11.6 Å². The lowest BCUT2D eigenvalue weighted by Gasteiger charge is -2.40. The first-order valence-electron chi connectivity index (χ1n) is 7.60. The second-order valence-corrected chi connectivity index (χ2v) is 6.38. The normalized spacial score (nSPS) is 23.5. The first-order valence-corrected chi connectivity index (χ1v) is 7.97. The Morgan fingerprint density at radius 3 is 3.17 bits per heavy atom. The van der Waals surface area contributed by atoms with Gasteiger partial charge in [-0.05, 0) is 13.3 Å². The Balaban J connectivity index is 1.43. The molecule has 2 aromatic heterocycles. The second-order valence-electron chi connectivity index (χ2n) is 5.98. The highest BCUT2D eigenvalue weighted by atomic mass is 35.5. The molecule has 0 aromatic carbocycles. The van der Waals surface area contributed by atoms with Gasteiger partial charge in [-0.2, -0.15) is 5.10 Å². The van der Waals surface area contributed by atoms with Crippen LogP contribution in [0.4, 0.5) is 0 Å². The maximum atomic E-state index is 12.5. The van der Waals surface area contributed by atoms with Gasteiger partial charge in [0.05, 0.1) is 41.4 Å². The highest BCUT2D eigenvalue weighted by molar-refractivity contribution is 6.31. The molecule has 1 saturated heterocycles. The molecule has 122 valence electrons. The molecule has 8 nitrogen and oxygen atoms in total. The summed E-state index contributed by atoms with van der Waals surface area (Å²) in [6.45, 7) is 3.75. The number of piperidine rings is 1. The number of rotatable bonds is 2. The number of hydrogen-bond donors (Lipinski definition) is 0. The van der Waals surface area contributed by atoms with Crippen LogP contribution in [0.2, 0.25) is 5.02 Å². The van der Waals surface area contributed by atoms with Crippen LogP contribution in [-0.2, 0) is 22.7 Å². The Bertz CT molecular complexity index is 722. The van der Waals surface area contributed by atoms with Crippen LogP contribution in [-0.4, -0.2) is 54.8 Å². The number of aryl methyl sites for hydroxylation is 1. The Morgan fingerprint density at radius 2 is 2.39 bits per heavy atom. The topological polar surface area (TPSA) is 78.1 Å². The molecule has 0 aliphatic carbocycles. The van der Waals surface area contributed by atoms with E-state index in [1.807, 2.05) is 16.5 Å².